The van der Waals surface area contributed by atoms with Crippen LogP contribution in [0.4, 0.5) is 0 Å². The molecule has 0 saturated carbocycles. The molecule has 0 radical (unpaired) electrons. The van der Waals surface area contributed by atoms with Gasteiger partial charge in [0.15, 0.2) is 5.82 Å². The van der Waals surface area contributed by atoms with Crippen molar-refractivity contribution in [2.75, 3.05) is 6.54 Å². The quantitative estimate of drug-likeness (QED) is 0.770. The standard InChI is InChI=1S/C15H18N6/c1-3-16-14(10-15-18-20-21(2)19-15)13-9-8-11-6-4-5-7-12(11)17-13/h4-9,14,16H,3,10H2,1-2H3. The minimum absolute atomic E-state index is 0.0869. The Kier molecular flexibility index (Phi) is 3.87. The summed E-state index contributed by atoms with van der Waals surface area (Å²) in [6.07, 6.45) is 0.674. The second-order valence-corrected chi connectivity index (χ2v) is 4.94. The lowest BCUT2D eigenvalue weighted by Gasteiger charge is -2.16. The van der Waals surface area contributed by atoms with Crippen LogP contribution in [-0.2, 0) is 13.5 Å². The Hall–Kier alpha value is -2.34. The number of rotatable bonds is 5. The number of aryl methyl sites for hydroxylation is 1. The third kappa shape index (κ3) is 3.05. The molecule has 6 heteroatoms. The predicted molar refractivity (Wildman–Crippen MR) is 80.7 cm³/mol. The molecule has 0 aliphatic rings. The molecule has 6 nitrogen and oxygen atoms in total. The van der Waals surface area contributed by atoms with E-state index in [0.29, 0.717) is 6.42 Å². The molecule has 2 heterocycles. The van der Waals surface area contributed by atoms with Crippen molar-refractivity contribution in [1.29, 1.82) is 0 Å². The van der Waals surface area contributed by atoms with Gasteiger partial charge in [0.05, 0.1) is 24.3 Å². The number of aromatic nitrogens is 5. The first-order chi connectivity index (χ1) is 10.3. The molecule has 21 heavy (non-hydrogen) atoms. The Balaban J connectivity index is 1.90. The summed E-state index contributed by atoms with van der Waals surface area (Å²) >= 11 is 0. The smallest absolute Gasteiger partial charge is 0.176 e. The minimum Gasteiger partial charge on any atom is -0.309 e. The van der Waals surface area contributed by atoms with Crippen LogP contribution in [0.1, 0.15) is 24.5 Å². The van der Waals surface area contributed by atoms with E-state index >= 15 is 0 Å². The molecule has 0 saturated heterocycles. The van der Waals surface area contributed by atoms with Gasteiger partial charge in [0.2, 0.25) is 0 Å². The summed E-state index contributed by atoms with van der Waals surface area (Å²) in [5.74, 6) is 0.721. The van der Waals surface area contributed by atoms with Gasteiger partial charge in [-0.1, -0.05) is 31.2 Å². The number of likely N-dealkylation sites (N-methyl/N-ethyl adjacent to an activating group) is 1. The van der Waals surface area contributed by atoms with Crippen molar-refractivity contribution < 1.29 is 0 Å². The van der Waals surface area contributed by atoms with E-state index in [1.165, 1.54) is 4.80 Å². The van der Waals surface area contributed by atoms with Crippen LogP contribution in [0, 0.1) is 0 Å². The van der Waals surface area contributed by atoms with Crippen molar-refractivity contribution in [1.82, 2.24) is 30.5 Å². The fourth-order valence-corrected chi connectivity index (χ4v) is 2.39. The van der Waals surface area contributed by atoms with Crippen molar-refractivity contribution in [3.8, 4) is 0 Å². The van der Waals surface area contributed by atoms with E-state index < -0.39 is 0 Å². The summed E-state index contributed by atoms with van der Waals surface area (Å²) in [4.78, 5) is 6.23. The highest BCUT2D eigenvalue weighted by Crippen LogP contribution is 2.18. The molecule has 0 fully saturated rings. The zero-order chi connectivity index (χ0) is 14.7. The average Bonchev–Trinajstić information content (AvgIpc) is 2.91. The predicted octanol–water partition coefficient (Wildman–Crippen LogP) is 1.65. The van der Waals surface area contributed by atoms with Crippen LogP contribution in [0.2, 0.25) is 0 Å². The van der Waals surface area contributed by atoms with Gasteiger partial charge in [-0.2, -0.15) is 4.80 Å². The van der Waals surface area contributed by atoms with Crippen LogP contribution in [0.15, 0.2) is 36.4 Å². The van der Waals surface area contributed by atoms with Gasteiger partial charge in [-0.25, -0.2) is 0 Å². The zero-order valence-corrected chi connectivity index (χ0v) is 12.2. The molecule has 3 rings (SSSR count). The molecule has 2 aromatic heterocycles. The molecule has 0 bridgehead atoms. The largest absolute Gasteiger partial charge is 0.309 e. The van der Waals surface area contributed by atoms with Crippen molar-refractivity contribution in [2.24, 2.45) is 7.05 Å². The summed E-state index contributed by atoms with van der Waals surface area (Å²) in [5.41, 5.74) is 2.01. The topological polar surface area (TPSA) is 68.5 Å². The van der Waals surface area contributed by atoms with E-state index in [-0.39, 0.29) is 6.04 Å². The summed E-state index contributed by atoms with van der Waals surface area (Å²) in [6.45, 7) is 2.94. The van der Waals surface area contributed by atoms with Gasteiger partial charge in [-0.15, -0.1) is 10.2 Å². The van der Waals surface area contributed by atoms with Crippen molar-refractivity contribution in [3.63, 3.8) is 0 Å². The first kappa shape index (κ1) is 13.6. The molecule has 1 atom stereocenters. The number of nitrogens with zero attached hydrogens (tertiary/aromatic N) is 5. The Morgan fingerprint density at radius 1 is 1.19 bits per heavy atom. The van der Waals surface area contributed by atoms with Gasteiger partial charge >= 0.3 is 0 Å². The molecule has 1 unspecified atom stereocenters. The number of benzene rings is 1. The van der Waals surface area contributed by atoms with Crippen molar-refractivity contribution in [3.05, 3.63) is 47.9 Å². The number of para-hydroxylation sites is 1. The van der Waals surface area contributed by atoms with E-state index in [1.54, 1.807) is 7.05 Å². The van der Waals surface area contributed by atoms with Gasteiger partial charge in [-0.3, -0.25) is 4.98 Å². The first-order valence-electron chi connectivity index (χ1n) is 7.08. The normalized spacial score (nSPS) is 12.7. The van der Waals surface area contributed by atoms with Crippen LogP contribution in [0.5, 0.6) is 0 Å². The maximum Gasteiger partial charge on any atom is 0.176 e. The fraction of sp³-hybridized carbons (Fsp3) is 0.333. The van der Waals surface area contributed by atoms with Gasteiger partial charge in [0.1, 0.15) is 0 Å². The summed E-state index contributed by atoms with van der Waals surface area (Å²) < 4.78 is 0. The molecular weight excluding hydrogens is 264 g/mol. The molecule has 0 aliphatic carbocycles. The van der Waals surface area contributed by atoms with Crippen molar-refractivity contribution >= 4 is 10.9 Å². The summed E-state index contributed by atoms with van der Waals surface area (Å²) in [5, 5.41) is 16.8. The van der Waals surface area contributed by atoms with Gasteiger partial charge in [0.25, 0.3) is 0 Å². The minimum atomic E-state index is 0.0869. The summed E-state index contributed by atoms with van der Waals surface area (Å²) in [7, 11) is 1.77. The lowest BCUT2D eigenvalue weighted by Crippen LogP contribution is -2.24. The second kappa shape index (κ2) is 5.97. The van der Waals surface area contributed by atoms with Crippen LogP contribution >= 0.6 is 0 Å². The number of fused-ring (bicyclic) bond motifs is 1. The Labute approximate surface area is 123 Å². The highest BCUT2D eigenvalue weighted by molar-refractivity contribution is 5.78. The van der Waals surface area contributed by atoms with E-state index in [0.717, 1.165) is 29.0 Å². The lowest BCUT2D eigenvalue weighted by molar-refractivity contribution is 0.524. The second-order valence-electron chi connectivity index (χ2n) is 4.94. The Morgan fingerprint density at radius 2 is 2.05 bits per heavy atom. The van der Waals surface area contributed by atoms with Gasteiger partial charge in [-0.05, 0) is 23.9 Å². The molecule has 1 aromatic carbocycles. The van der Waals surface area contributed by atoms with Crippen molar-refractivity contribution in [2.45, 2.75) is 19.4 Å². The number of hydrogen-bond acceptors (Lipinski definition) is 5. The third-order valence-electron chi connectivity index (χ3n) is 3.36. The monoisotopic (exact) mass is 282 g/mol. The highest BCUT2D eigenvalue weighted by atomic mass is 15.6. The molecule has 0 amide bonds. The van der Waals surface area contributed by atoms with Crippen LogP contribution in [0.3, 0.4) is 0 Å². The molecule has 1 N–H and O–H groups in total. The molecule has 3 aromatic rings. The summed E-state index contributed by atoms with van der Waals surface area (Å²) in [6, 6.07) is 12.4. The van der Waals surface area contributed by atoms with Crippen LogP contribution in [0.25, 0.3) is 10.9 Å². The molecular formula is C15H18N6. The maximum absolute atomic E-state index is 4.75. The maximum atomic E-state index is 4.75. The fourth-order valence-electron chi connectivity index (χ4n) is 2.39. The van der Waals surface area contributed by atoms with Crippen LogP contribution in [-0.4, -0.2) is 31.7 Å². The third-order valence-corrected chi connectivity index (χ3v) is 3.36. The Morgan fingerprint density at radius 3 is 2.81 bits per heavy atom. The van der Waals surface area contributed by atoms with E-state index in [2.05, 4.69) is 45.9 Å². The number of tetrazole rings is 1. The number of hydrogen-bond donors (Lipinski definition) is 1. The first-order valence-corrected chi connectivity index (χ1v) is 7.08. The van der Waals surface area contributed by atoms with E-state index in [1.807, 2.05) is 18.2 Å². The number of pyridine rings is 1. The molecule has 0 spiro atoms. The molecule has 0 aliphatic heterocycles. The highest BCUT2D eigenvalue weighted by Gasteiger charge is 2.16. The SMILES string of the molecule is CCNC(Cc1nnn(C)n1)c1ccc2ccccc2n1. The average molecular weight is 282 g/mol. The van der Waals surface area contributed by atoms with Crippen LogP contribution < -0.4 is 5.32 Å². The zero-order valence-electron chi connectivity index (χ0n) is 12.2. The Bertz CT molecular complexity index is 736. The number of nitrogens with one attached hydrogen (secondary N) is 1. The van der Waals surface area contributed by atoms with E-state index in [4.69, 9.17) is 4.98 Å². The van der Waals surface area contributed by atoms with Gasteiger partial charge in [0, 0.05) is 11.8 Å². The molecule has 108 valence electrons. The lowest BCUT2D eigenvalue weighted by atomic mass is 10.1. The van der Waals surface area contributed by atoms with E-state index in [9.17, 15) is 0 Å². The van der Waals surface area contributed by atoms with Gasteiger partial charge < -0.3 is 5.32 Å².